The topological polar surface area (TPSA) is 12.0 Å². The summed E-state index contributed by atoms with van der Waals surface area (Å²) in [6.45, 7) is 4.52. The maximum absolute atomic E-state index is 11.7. The van der Waals surface area contributed by atoms with Gasteiger partial charge in [-0.25, -0.2) is 0 Å². The van der Waals surface area contributed by atoms with E-state index in [0.29, 0.717) is 12.6 Å². The lowest BCUT2D eigenvalue weighted by Gasteiger charge is -2.12. The van der Waals surface area contributed by atoms with Crippen LogP contribution >= 0.6 is 0 Å². The van der Waals surface area contributed by atoms with E-state index in [1.54, 1.807) is 0 Å². The summed E-state index contributed by atoms with van der Waals surface area (Å²) in [7, 11) is 0. The Bertz CT molecular complexity index is 123. The zero-order valence-electron chi connectivity index (χ0n) is 8.25. The van der Waals surface area contributed by atoms with E-state index in [1.807, 2.05) is 6.92 Å². The first-order chi connectivity index (χ1) is 5.95. The van der Waals surface area contributed by atoms with Crippen molar-refractivity contribution in [3.05, 3.63) is 0 Å². The highest BCUT2D eigenvalue weighted by Crippen LogP contribution is 2.20. The van der Waals surface area contributed by atoms with Crippen LogP contribution in [0.25, 0.3) is 0 Å². The van der Waals surface area contributed by atoms with Gasteiger partial charge in [0.15, 0.2) is 0 Å². The Kier molecular flexibility index (Phi) is 6.12. The molecule has 0 spiro atoms. The minimum absolute atomic E-state index is 0.178. The van der Waals surface area contributed by atoms with Gasteiger partial charge in [-0.1, -0.05) is 13.3 Å². The molecule has 1 N–H and O–H groups in total. The predicted octanol–water partition coefficient (Wildman–Crippen LogP) is 3.11. The minimum atomic E-state index is -4.00. The third-order valence-corrected chi connectivity index (χ3v) is 1.85. The quantitative estimate of drug-likeness (QED) is 0.645. The molecule has 0 aromatic carbocycles. The Morgan fingerprint density at radius 1 is 1.31 bits per heavy atom. The van der Waals surface area contributed by atoms with Gasteiger partial charge in [0.1, 0.15) is 0 Å². The standard InChI is InChI=1S/C9H18F3N/c1-3-5-8(2)13-7-4-6-9(10,11)12/h8,13H,3-7H2,1-2H3. The maximum Gasteiger partial charge on any atom is 0.389 e. The van der Waals surface area contributed by atoms with E-state index in [9.17, 15) is 13.2 Å². The second-order valence-electron chi connectivity index (χ2n) is 3.36. The average molecular weight is 197 g/mol. The number of alkyl halides is 3. The molecule has 0 aliphatic rings. The molecule has 80 valence electrons. The molecule has 0 aliphatic carbocycles. The smallest absolute Gasteiger partial charge is 0.314 e. The molecular formula is C9H18F3N. The first-order valence-electron chi connectivity index (χ1n) is 4.76. The van der Waals surface area contributed by atoms with Crippen molar-refractivity contribution in [1.29, 1.82) is 0 Å². The average Bonchev–Trinajstić information content (AvgIpc) is 1.97. The van der Waals surface area contributed by atoms with E-state index in [1.165, 1.54) is 0 Å². The highest BCUT2D eigenvalue weighted by molar-refractivity contribution is 4.60. The van der Waals surface area contributed by atoms with Gasteiger partial charge in [0.05, 0.1) is 0 Å². The first kappa shape index (κ1) is 12.8. The first-order valence-corrected chi connectivity index (χ1v) is 4.76. The van der Waals surface area contributed by atoms with E-state index in [4.69, 9.17) is 0 Å². The molecule has 0 rings (SSSR count). The lowest BCUT2D eigenvalue weighted by molar-refractivity contribution is -0.135. The number of hydrogen-bond acceptors (Lipinski definition) is 1. The summed E-state index contributed by atoms with van der Waals surface area (Å²) in [5.74, 6) is 0. The van der Waals surface area contributed by atoms with E-state index in [0.717, 1.165) is 12.8 Å². The SMILES string of the molecule is CCCC(C)NCCCC(F)(F)F. The van der Waals surface area contributed by atoms with E-state index in [-0.39, 0.29) is 6.42 Å². The molecule has 13 heavy (non-hydrogen) atoms. The third-order valence-electron chi connectivity index (χ3n) is 1.85. The van der Waals surface area contributed by atoms with Crippen LogP contribution in [-0.2, 0) is 0 Å². The second kappa shape index (κ2) is 6.24. The molecule has 4 heteroatoms. The molecule has 0 amide bonds. The molecule has 0 radical (unpaired) electrons. The van der Waals surface area contributed by atoms with Crippen molar-refractivity contribution in [1.82, 2.24) is 5.32 Å². The monoisotopic (exact) mass is 197 g/mol. The van der Waals surface area contributed by atoms with E-state index in [2.05, 4.69) is 12.2 Å². The van der Waals surface area contributed by atoms with Crippen LogP contribution in [-0.4, -0.2) is 18.8 Å². The van der Waals surface area contributed by atoms with Crippen molar-refractivity contribution >= 4 is 0 Å². The Hall–Kier alpha value is -0.250. The molecule has 0 heterocycles. The van der Waals surface area contributed by atoms with Gasteiger partial charge in [-0.15, -0.1) is 0 Å². The van der Waals surface area contributed by atoms with Crippen LogP contribution in [0, 0.1) is 0 Å². The van der Waals surface area contributed by atoms with Gasteiger partial charge in [-0.2, -0.15) is 13.2 Å². The Labute approximate surface area is 77.7 Å². The van der Waals surface area contributed by atoms with E-state index >= 15 is 0 Å². The van der Waals surface area contributed by atoms with Crippen molar-refractivity contribution in [2.24, 2.45) is 0 Å². The highest BCUT2D eigenvalue weighted by atomic mass is 19.4. The summed E-state index contributed by atoms with van der Waals surface area (Å²) in [6, 6.07) is 0.332. The van der Waals surface area contributed by atoms with Crippen molar-refractivity contribution in [3.63, 3.8) is 0 Å². The molecular weight excluding hydrogens is 179 g/mol. The maximum atomic E-state index is 11.7. The molecule has 1 nitrogen and oxygen atoms in total. The summed E-state index contributed by atoms with van der Waals surface area (Å²) < 4.78 is 35.1. The third kappa shape index (κ3) is 9.67. The second-order valence-corrected chi connectivity index (χ2v) is 3.36. The van der Waals surface area contributed by atoms with Gasteiger partial charge in [-0.3, -0.25) is 0 Å². The Morgan fingerprint density at radius 2 is 1.92 bits per heavy atom. The summed E-state index contributed by atoms with van der Waals surface area (Å²) in [4.78, 5) is 0. The van der Waals surface area contributed by atoms with Crippen LogP contribution in [0.15, 0.2) is 0 Å². The normalized spacial score (nSPS) is 14.5. The van der Waals surface area contributed by atoms with Crippen LogP contribution in [0.5, 0.6) is 0 Å². The zero-order chi connectivity index (χ0) is 10.3. The van der Waals surface area contributed by atoms with Gasteiger partial charge in [0.25, 0.3) is 0 Å². The Morgan fingerprint density at radius 3 is 2.38 bits per heavy atom. The highest BCUT2D eigenvalue weighted by Gasteiger charge is 2.25. The Balaban J connectivity index is 3.25. The van der Waals surface area contributed by atoms with Crippen molar-refractivity contribution in [2.45, 2.75) is 51.7 Å². The molecule has 0 bridgehead atoms. The molecule has 1 unspecified atom stereocenters. The number of nitrogens with one attached hydrogen (secondary N) is 1. The molecule has 0 aromatic heterocycles. The largest absolute Gasteiger partial charge is 0.389 e. The van der Waals surface area contributed by atoms with Crippen molar-refractivity contribution in [2.75, 3.05) is 6.54 Å². The molecule has 0 saturated heterocycles. The van der Waals surface area contributed by atoms with Gasteiger partial charge in [0.2, 0.25) is 0 Å². The van der Waals surface area contributed by atoms with Gasteiger partial charge < -0.3 is 5.32 Å². The van der Waals surface area contributed by atoms with Crippen LogP contribution < -0.4 is 5.32 Å². The van der Waals surface area contributed by atoms with Crippen molar-refractivity contribution in [3.8, 4) is 0 Å². The van der Waals surface area contributed by atoms with Gasteiger partial charge >= 0.3 is 6.18 Å². The predicted molar refractivity (Wildman–Crippen MR) is 47.7 cm³/mol. The van der Waals surface area contributed by atoms with Crippen LogP contribution in [0.4, 0.5) is 13.2 Å². The fourth-order valence-electron chi connectivity index (χ4n) is 1.17. The summed E-state index contributed by atoms with van der Waals surface area (Å²) in [6.07, 6.45) is -2.43. The van der Waals surface area contributed by atoms with Crippen molar-refractivity contribution < 1.29 is 13.2 Å². The number of hydrogen-bond donors (Lipinski definition) is 1. The summed E-state index contributed by atoms with van der Waals surface area (Å²) in [5, 5.41) is 3.06. The van der Waals surface area contributed by atoms with Gasteiger partial charge in [-0.05, 0) is 26.3 Å². The van der Waals surface area contributed by atoms with E-state index < -0.39 is 12.6 Å². The summed E-state index contributed by atoms with van der Waals surface area (Å²) in [5.41, 5.74) is 0. The molecule has 0 saturated carbocycles. The minimum Gasteiger partial charge on any atom is -0.314 e. The fourth-order valence-corrected chi connectivity index (χ4v) is 1.17. The van der Waals surface area contributed by atoms with Crippen LogP contribution in [0.1, 0.15) is 39.5 Å². The molecule has 0 aromatic rings. The van der Waals surface area contributed by atoms with Crippen LogP contribution in [0.2, 0.25) is 0 Å². The molecule has 0 aliphatic heterocycles. The molecule has 1 atom stereocenters. The number of halogens is 3. The lowest BCUT2D eigenvalue weighted by atomic mass is 10.2. The van der Waals surface area contributed by atoms with Gasteiger partial charge in [0, 0.05) is 12.5 Å². The molecule has 0 fully saturated rings. The lowest BCUT2D eigenvalue weighted by Crippen LogP contribution is -2.27. The fraction of sp³-hybridized carbons (Fsp3) is 1.00. The van der Waals surface area contributed by atoms with Crippen LogP contribution in [0.3, 0.4) is 0 Å². The zero-order valence-corrected chi connectivity index (χ0v) is 8.25. The summed E-state index contributed by atoms with van der Waals surface area (Å²) >= 11 is 0. The number of rotatable bonds is 6.